The first kappa shape index (κ1) is 23.3. The van der Waals surface area contributed by atoms with Crippen molar-refractivity contribution < 1.29 is 18.3 Å². The number of nitrogens with one attached hydrogen (secondary N) is 2. The molecule has 0 atom stereocenters. The van der Waals surface area contributed by atoms with Crippen molar-refractivity contribution in [3.63, 3.8) is 0 Å². The largest absolute Gasteiger partial charge is 0.433 e. The lowest BCUT2D eigenvalue weighted by atomic mass is 9.87. The molecule has 3 rings (SSSR count). The molecule has 0 radical (unpaired) electrons. The zero-order valence-electron chi connectivity index (χ0n) is 18.7. The summed E-state index contributed by atoms with van der Waals surface area (Å²) < 4.78 is 30.3. The van der Waals surface area contributed by atoms with E-state index < -0.39 is 6.11 Å². The van der Waals surface area contributed by atoms with Crippen molar-refractivity contribution in [2.24, 2.45) is 0 Å². The first-order chi connectivity index (χ1) is 15.0. The molecular weight excluding hydrogens is 410 g/mol. The summed E-state index contributed by atoms with van der Waals surface area (Å²) in [6.45, 7) is 7.92. The minimum atomic E-state index is -3.25. The summed E-state index contributed by atoms with van der Waals surface area (Å²) >= 11 is 0. The normalized spacial score (nSPS) is 11.7. The van der Waals surface area contributed by atoms with Gasteiger partial charge in [0.15, 0.2) is 0 Å². The molecule has 0 aliphatic carbocycles. The van der Waals surface area contributed by atoms with E-state index in [1.165, 1.54) is 35.4 Å². The molecule has 32 heavy (non-hydrogen) atoms. The molecular formula is C26H28F2N2O2. The lowest BCUT2D eigenvalue weighted by Crippen LogP contribution is -2.19. The summed E-state index contributed by atoms with van der Waals surface area (Å²) in [7, 11) is 0. The number of halogens is 2. The molecule has 0 fully saturated rings. The predicted molar refractivity (Wildman–Crippen MR) is 125 cm³/mol. The number of amides is 1. The van der Waals surface area contributed by atoms with Gasteiger partial charge in [-0.15, -0.1) is 0 Å². The van der Waals surface area contributed by atoms with Crippen LogP contribution in [0, 0.1) is 0 Å². The third kappa shape index (κ3) is 6.80. The number of hydrogen-bond acceptors (Lipinski definition) is 3. The van der Waals surface area contributed by atoms with E-state index in [0.717, 1.165) is 5.69 Å². The quantitative estimate of drug-likeness (QED) is 0.425. The van der Waals surface area contributed by atoms with E-state index in [0.29, 0.717) is 24.7 Å². The van der Waals surface area contributed by atoms with Gasteiger partial charge in [-0.2, -0.15) is 8.78 Å². The van der Waals surface area contributed by atoms with Crippen LogP contribution in [0.5, 0.6) is 5.75 Å². The van der Waals surface area contributed by atoms with Gasteiger partial charge in [0, 0.05) is 30.4 Å². The van der Waals surface area contributed by atoms with E-state index in [4.69, 9.17) is 0 Å². The standard InChI is InChI=1S/C26H28F2N2O2/c1-25(2,3)20-9-5-18(6-10-20)17-29-21-11-7-19(8-12-21)24(31)30-22-13-15-23(16-14-22)32-26(4,27)28/h5-16,29H,17H2,1-4H3,(H,30,31). The molecule has 0 bridgehead atoms. The van der Waals surface area contributed by atoms with Crippen LogP contribution in [-0.2, 0) is 12.0 Å². The highest BCUT2D eigenvalue weighted by molar-refractivity contribution is 6.04. The van der Waals surface area contributed by atoms with Crippen molar-refractivity contribution in [1.29, 1.82) is 0 Å². The number of rotatable bonds is 7. The van der Waals surface area contributed by atoms with Crippen LogP contribution in [0.1, 0.15) is 49.2 Å². The topological polar surface area (TPSA) is 50.4 Å². The van der Waals surface area contributed by atoms with Gasteiger partial charge in [0.2, 0.25) is 0 Å². The number of benzene rings is 3. The average Bonchev–Trinajstić information content (AvgIpc) is 2.72. The lowest BCUT2D eigenvalue weighted by Gasteiger charge is -2.19. The zero-order valence-corrected chi connectivity index (χ0v) is 18.7. The summed E-state index contributed by atoms with van der Waals surface area (Å²) in [5, 5.41) is 6.09. The van der Waals surface area contributed by atoms with E-state index >= 15 is 0 Å². The summed E-state index contributed by atoms with van der Waals surface area (Å²) in [4.78, 5) is 12.4. The molecule has 0 saturated heterocycles. The number of carbonyl (C=O) groups is 1. The van der Waals surface area contributed by atoms with Gasteiger partial charge >= 0.3 is 6.11 Å². The second kappa shape index (κ2) is 9.39. The summed E-state index contributed by atoms with van der Waals surface area (Å²) in [6, 6.07) is 21.5. The molecule has 0 spiro atoms. The van der Waals surface area contributed by atoms with Crippen LogP contribution in [0.3, 0.4) is 0 Å². The van der Waals surface area contributed by atoms with Crippen molar-refractivity contribution in [2.75, 3.05) is 10.6 Å². The molecule has 0 aromatic heterocycles. The van der Waals surface area contributed by atoms with Gasteiger partial charge in [-0.3, -0.25) is 4.79 Å². The fourth-order valence-electron chi connectivity index (χ4n) is 3.08. The van der Waals surface area contributed by atoms with Crippen LogP contribution < -0.4 is 15.4 Å². The Labute approximate surface area is 187 Å². The fraction of sp³-hybridized carbons (Fsp3) is 0.269. The van der Waals surface area contributed by atoms with Gasteiger partial charge in [0.1, 0.15) is 5.75 Å². The van der Waals surface area contributed by atoms with Gasteiger partial charge in [0.05, 0.1) is 0 Å². The van der Waals surface area contributed by atoms with E-state index in [1.54, 1.807) is 12.1 Å². The molecule has 168 valence electrons. The van der Waals surface area contributed by atoms with Crippen LogP contribution in [-0.4, -0.2) is 12.0 Å². The van der Waals surface area contributed by atoms with Gasteiger partial charge < -0.3 is 15.4 Å². The summed E-state index contributed by atoms with van der Waals surface area (Å²) in [5.41, 5.74) is 4.48. The monoisotopic (exact) mass is 438 g/mol. The molecule has 4 nitrogen and oxygen atoms in total. The van der Waals surface area contributed by atoms with E-state index in [-0.39, 0.29) is 17.1 Å². The van der Waals surface area contributed by atoms with Crippen LogP contribution in [0.25, 0.3) is 0 Å². The molecule has 0 aliphatic heterocycles. The molecule has 0 unspecified atom stereocenters. The first-order valence-corrected chi connectivity index (χ1v) is 10.4. The number of hydrogen-bond donors (Lipinski definition) is 2. The SMILES string of the molecule is CC(F)(F)Oc1ccc(NC(=O)c2ccc(NCc3ccc(C(C)(C)C)cc3)cc2)cc1. The van der Waals surface area contributed by atoms with Gasteiger partial charge in [-0.05, 0) is 65.1 Å². The highest BCUT2D eigenvalue weighted by atomic mass is 19.3. The number of ether oxygens (including phenoxy) is 1. The van der Waals surface area contributed by atoms with Crippen LogP contribution in [0.15, 0.2) is 72.8 Å². The first-order valence-electron chi connectivity index (χ1n) is 10.4. The fourth-order valence-corrected chi connectivity index (χ4v) is 3.08. The molecule has 3 aromatic rings. The highest BCUT2D eigenvalue weighted by Crippen LogP contribution is 2.24. The molecule has 1 amide bonds. The van der Waals surface area contributed by atoms with Gasteiger partial charge in [-0.25, -0.2) is 0 Å². The number of carbonyl (C=O) groups excluding carboxylic acids is 1. The maximum Gasteiger partial charge on any atom is 0.394 e. The minimum absolute atomic E-state index is 0.0268. The molecule has 3 aromatic carbocycles. The Hall–Kier alpha value is -3.41. The van der Waals surface area contributed by atoms with E-state index in [1.807, 2.05) is 12.1 Å². The van der Waals surface area contributed by atoms with Crippen LogP contribution in [0.2, 0.25) is 0 Å². The molecule has 0 aliphatic rings. The van der Waals surface area contributed by atoms with Gasteiger partial charge in [-0.1, -0.05) is 45.0 Å². The van der Waals surface area contributed by atoms with Crippen molar-refractivity contribution in [2.45, 2.75) is 45.8 Å². The Balaban J connectivity index is 1.54. The molecule has 6 heteroatoms. The summed E-state index contributed by atoms with van der Waals surface area (Å²) in [6.07, 6.45) is -3.25. The third-order valence-electron chi connectivity index (χ3n) is 4.87. The molecule has 0 heterocycles. The molecule has 2 N–H and O–H groups in total. The average molecular weight is 439 g/mol. The van der Waals surface area contributed by atoms with Gasteiger partial charge in [0.25, 0.3) is 5.91 Å². The Morgan fingerprint density at radius 3 is 1.91 bits per heavy atom. The number of alkyl halides is 2. The van der Waals surface area contributed by atoms with E-state index in [9.17, 15) is 13.6 Å². The minimum Gasteiger partial charge on any atom is -0.433 e. The second-order valence-corrected chi connectivity index (χ2v) is 8.77. The highest BCUT2D eigenvalue weighted by Gasteiger charge is 2.23. The molecule has 0 saturated carbocycles. The Morgan fingerprint density at radius 2 is 1.38 bits per heavy atom. The van der Waals surface area contributed by atoms with Crippen molar-refractivity contribution in [1.82, 2.24) is 0 Å². The third-order valence-corrected chi connectivity index (χ3v) is 4.87. The predicted octanol–water partition coefficient (Wildman–Crippen LogP) is 6.84. The Morgan fingerprint density at radius 1 is 0.812 bits per heavy atom. The van der Waals surface area contributed by atoms with Crippen molar-refractivity contribution >= 4 is 17.3 Å². The maximum atomic E-state index is 12.9. The van der Waals surface area contributed by atoms with Crippen molar-refractivity contribution in [3.05, 3.63) is 89.5 Å². The lowest BCUT2D eigenvalue weighted by molar-refractivity contribution is -0.158. The Bertz CT molecular complexity index is 1030. The summed E-state index contributed by atoms with van der Waals surface area (Å²) in [5.74, 6) is -0.261. The Kier molecular flexibility index (Phi) is 6.82. The maximum absolute atomic E-state index is 12.9. The van der Waals surface area contributed by atoms with Crippen LogP contribution in [0.4, 0.5) is 20.2 Å². The van der Waals surface area contributed by atoms with Crippen LogP contribution >= 0.6 is 0 Å². The van der Waals surface area contributed by atoms with E-state index in [2.05, 4.69) is 60.4 Å². The number of anilines is 2. The smallest absolute Gasteiger partial charge is 0.394 e. The zero-order chi connectivity index (χ0) is 23.4. The second-order valence-electron chi connectivity index (χ2n) is 8.77. The van der Waals surface area contributed by atoms with Crippen molar-refractivity contribution in [3.8, 4) is 5.75 Å².